The van der Waals surface area contributed by atoms with Crippen LogP contribution in [0.4, 0.5) is 0 Å². The molecule has 0 aromatic heterocycles. The molecule has 0 spiro atoms. The van der Waals surface area contributed by atoms with E-state index in [9.17, 15) is 5.53 Å². The zero-order valence-electron chi connectivity index (χ0n) is 21.2. The Hall–Kier alpha value is -3.67. The lowest BCUT2D eigenvalue weighted by molar-refractivity contribution is -0.318. The average Bonchev–Trinajstić information content (AvgIpc) is 2.98. The van der Waals surface area contributed by atoms with Crippen LogP contribution < -0.4 is 0 Å². The van der Waals surface area contributed by atoms with Gasteiger partial charge in [0, 0.05) is 12.0 Å². The number of rotatable bonds is 12. The molecule has 6 atom stereocenters. The van der Waals surface area contributed by atoms with Crippen LogP contribution in [0.1, 0.15) is 16.7 Å². The van der Waals surface area contributed by atoms with E-state index in [2.05, 4.69) is 15.9 Å². The highest BCUT2D eigenvalue weighted by molar-refractivity contribution is 5.16. The number of hydrogen-bond acceptors (Lipinski definition) is 6. The first-order valence-electron chi connectivity index (χ1n) is 12.4. The fourth-order valence-corrected chi connectivity index (χ4v) is 4.38. The van der Waals surface area contributed by atoms with Gasteiger partial charge in [-0.05, 0) is 22.2 Å². The third-order valence-corrected chi connectivity index (χ3v) is 6.28. The van der Waals surface area contributed by atoms with Crippen molar-refractivity contribution in [2.75, 3.05) is 7.11 Å². The van der Waals surface area contributed by atoms with Gasteiger partial charge in [0.15, 0.2) is 6.29 Å². The van der Waals surface area contributed by atoms with E-state index in [0.29, 0.717) is 13.2 Å². The van der Waals surface area contributed by atoms with Crippen molar-refractivity contribution in [1.82, 2.24) is 0 Å². The maximum atomic E-state index is 9.18. The van der Waals surface area contributed by atoms with Gasteiger partial charge in [-0.15, -0.1) is 6.42 Å². The third-order valence-electron chi connectivity index (χ3n) is 6.28. The summed E-state index contributed by atoms with van der Waals surface area (Å²) in [6.07, 6.45) is 2.05. The Bertz CT molecular complexity index is 1200. The maximum absolute atomic E-state index is 9.18. The van der Waals surface area contributed by atoms with Crippen LogP contribution in [0.15, 0.2) is 96.1 Å². The third kappa shape index (κ3) is 7.21. The summed E-state index contributed by atoms with van der Waals surface area (Å²) in [6.45, 7) is 0.880. The largest absolute Gasteiger partial charge is 0.368 e. The highest BCUT2D eigenvalue weighted by Gasteiger charge is 2.50. The Morgan fingerprint density at radius 2 is 1.24 bits per heavy atom. The summed E-state index contributed by atoms with van der Waals surface area (Å²) in [6, 6.07) is 28.4. The number of terminal acetylenes is 1. The van der Waals surface area contributed by atoms with E-state index in [0.717, 1.165) is 16.7 Å². The number of azide groups is 1. The highest BCUT2D eigenvalue weighted by Crippen LogP contribution is 2.33. The molecule has 8 heteroatoms. The van der Waals surface area contributed by atoms with Crippen LogP contribution in [-0.4, -0.2) is 43.9 Å². The van der Waals surface area contributed by atoms with Crippen LogP contribution in [0.5, 0.6) is 0 Å². The number of nitrogens with zero attached hydrogens (tertiary/aromatic N) is 3. The molecule has 1 aliphatic heterocycles. The minimum Gasteiger partial charge on any atom is -0.368 e. The molecule has 0 radical (unpaired) electrons. The summed E-state index contributed by atoms with van der Waals surface area (Å²) >= 11 is 0. The summed E-state index contributed by atoms with van der Waals surface area (Å²) in [4.78, 5) is 2.93. The number of hydrogen-bond donors (Lipinski definition) is 0. The van der Waals surface area contributed by atoms with Crippen LogP contribution in [0.3, 0.4) is 0 Å². The Labute approximate surface area is 223 Å². The van der Waals surface area contributed by atoms with Crippen molar-refractivity contribution < 1.29 is 23.7 Å². The van der Waals surface area contributed by atoms with Crippen molar-refractivity contribution in [1.29, 1.82) is 0 Å². The molecule has 0 saturated carbocycles. The minimum atomic E-state index is -0.948. The Balaban J connectivity index is 1.66. The monoisotopic (exact) mass is 513 g/mol. The first-order valence-corrected chi connectivity index (χ1v) is 12.4. The Morgan fingerprint density at radius 3 is 1.66 bits per heavy atom. The first kappa shape index (κ1) is 27.4. The zero-order valence-corrected chi connectivity index (χ0v) is 21.2. The second-order valence-corrected chi connectivity index (χ2v) is 8.80. The van der Waals surface area contributed by atoms with Gasteiger partial charge in [0.05, 0.1) is 19.8 Å². The predicted molar refractivity (Wildman–Crippen MR) is 142 cm³/mol. The molecule has 1 fully saturated rings. The van der Waals surface area contributed by atoms with Crippen molar-refractivity contribution >= 4 is 0 Å². The number of ether oxygens (including phenoxy) is 5. The molecule has 0 unspecified atom stereocenters. The van der Waals surface area contributed by atoms with Gasteiger partial charge in [0.1, 0.15) is 30.5 Å². The summed E-state index contributed by atoms with van der Waals surface area (Å²) in [5, 5.41) is 3.80. The molecule has 1 heterocycles. The molecule has 1 aliphatic rings. The van der Waals surface area contributed by atoms with Crippen molar-refractivity contribution in [3.63, 3.8) is 0 Å². The van der Waals surface area contributed by atoms with Gasteiger partial charge >= 0.3 is 0 Å². The fraction of sp³-hybridized carbons (Fsp3) is 0.333. The second kappa shape index (κ2) is 14.3. The SMILES string of the molecule is C#C[C@H](N=[N+]=[N-])[C@H]1O[C@H](OC)[C@H](OCc2ccccc2)[C@@H](OCc2ccccc2)[C@@H]1OCc1ccccc1. The second-order valence-electron chi connectivity index (χ2n) is 8.80. The van der Waals surface area contributed by atoms with Gasteiger partial charge in [-0.2, -0.15) is 0 Å². The van der Waals surface area contributed by atoms with Gasteiger partial charge in [-0.3, -0.25) is 0 Å². The van der Waals surface area contributed by atoms with Crippen LogP contribution in [0.2, 0.25) is 0 Å². The Morgan fingerprint density at radius 1 is 0.789 bits per heavy atom. The number of benzene rings is 3. The van der Waals surface area contributed by atoms with Crippen LogP contribution >= 0.6 is 0 Å². The molecule has 38 heavy (non-hydrogen) atoms. The molecule has 3 aromatic rings. The minimum absolute atomic E-state index is 0.271. The molecular weight excluding hydrogens is 482 g/mol. The van der Waals surface area contributed by atoms with Crippen LogP contribution in [0.25, 0.3) is 10.4 Å². The molecule has 1 saturated heterocycles. The van der Waals surface area contributed by atoms with Crippen molar-refractivity contribution in [2.24, 2.45) is 5.11 Å². The van der Waals surface area contributed by atoms with E-state index in [-0.39, 0.29) is 6.61 Å². The molecule has 0 aliphatic carbocycles. The van der Waals surface area contributed by atoms with Crippen molar-refractivity contribution in [3.8, 4) is 12.3 Å². The summed E-state index contributed by atoms with van der Waals surface area (Å²) in [5.74, 6) is 2.54. The number of methoxy groups -OCH3 is 1. The van der Waals surface area contributed by atoms with Crippen LogP contribution in [-0.2, 0) is 43.5 Å². The maximum Gasteiger partial charge on any atom is 0.186 e. The molecule has 3 aromatic carbocycles. The lowest BCUT2D eigenvalue weighted by Gasteiger charge is -2.46. The summed E-state index contributed by atoms with van der Waals surface area (Å²) in [7, 11) is 1.53. The molecule has 0 amide bonds. The molecule has 0 N–H and O–H groups in total. The van der Waals surface area contributed by atoms with Crippen molar-refractivity contribution in [3.05, 3.63) is 118 Å². The molecule has 196 valence electrons. The highest BCUT2D eigenvalue weighted by atomic mass is 16.7. The van der Waals surface area contributed by atoms with Crippen molar-refractivity contribution in [2.45, 2.75) is 56.6 Å². The normalized spacial score (nSPS) is 23.6. The predicted octanol–water partition coefficient (Wildman–Crippen LogP) is 5.43. The fourth-order valence-electron chi connectivity index (χ4n) is 4.38. The van der Waals surface area contributed by atoms with Crippen LogP contribution in [0, 0.1) is 12.3 Å². The van der Waals surface area contributed by atoms with Gasteiger partial charge in [0.2, 0.25) is 0 Å². The van der Waals surface area contributed by atoms with E-state index in [1.165, 1.54) is 7.11 Å². The molecule has 4 rings (SSSR count). The van der Waals surface area contributed by atoms with E-state index < -0.39 is 36.7 Å². The van der Waals surface area contributed by atoms with Gasteiger partial charge in [0.25, 0.3) is 0 Å². The molecule has 8 nitrogen and oxygen atoms in total. The smallest absolute Gasteiger partial charge is 0.186 e. The summed E-state index contributed by atoms with van der Waals surface area (Å²) < 4.78 is 31.3. The first-order chi connectivity index (χ1) is 18.7. The van der Waals surface area contributed by atoms with Gasteiger partial charge < -0.3 is 23.7 Å². The zero-order chi connectivity index (χ0) is 26.6. The lowest BCUT2D eigenvalue weighted by atomic mass is 9.93. The summed E-state index contributed by atoms with van der Waals surface area (Å²) in [5.41, 5.74) is 12.1. The van der Waals surface area contributed by atoms with Gasteiger partial charge in [-0.25, -0.2) is 0 Å². The topological polar surface area (TPSA) is 94.9 Å². The molecular formula is C30H31N3O5. The van der Waals surface area contributed by atoms with E-state index in [4.69, 9.17) is 30.1 Å². The average molecular weight is 514 g/mol. The standard InChI is InChI=1S/C30H31N3O5/c1-3-25(32-33-31)26-27(35-19-22-13-7-4-8-14-22)28(36-20-23-15-9-5-10-16-23)29(30(34-2)38-26)37-21-24-17-11-6-12-18-24/h1,4-18,25-30H,19-21H2,2H3/t25-,26+,27+,28-,29+,30-/m0/s1. The van der Waals surface area contributed by atoms with E-state index >= 15 is 0 Å². The van der Waals surface area contributed by atoms with E-state index in [1.807, 2.05) is 91.0 Å². The van der Waals surface area contributed by atoms with Gasteiger partial charge in [-0.1, -0.05) is 102 Å². The Kier molecular flexibility index (Phi) is 10.3. The quantitative estimate of drug-likeness (QED) is 0.139. The molecule has 0 bridgehead atoms. The van der Waals surface area contributed by atoms with E-state index in [1.54, 1.807) is 0 Å². The lowest BCUT2D eigenvalue weighted by Crippen LogP contribution is -2.62.